The number of aliphatic hydroxyl groups excluding tert-OH is 1. The largest absolute Gasteiger partial charge is 0.478 e. The van der Waals surface area contributed by atoms with Gasteiger partial charge >= 0.3 is 12.0 Å². The average molecular weight is 284 g/mol. The van der Waals surface area contributed by atoms with E-state index in [9.17, 15) is 14.0 Å². The normalized spacial score (nSPS) is 10.2. The zero-order chi connectivity index (χ0) is 15.1. The molecule has 0 saturated carbocycles. The minimum atomic E-state index is -1.33. The zero-order valence-corrected chi connectivity index (χ0v) is 11.1. The minimum Gasteiger partial charge on any atom is -0.478 e. The Bertz CT molecular complexity index is 487. The number of hydrogen-bond donors (Lipinski definition) is 3. The highest BCUT2D eigenvalue weighted by Crippen LogP contribution is 2.20. The van der Waals surface area contributed by atoms with Crippen molar-refractivity contribution in [1.82, 2.24) is 4.90 Å². The van der Waals surface area contributed by atoms with E-state index in [4.69, 9.17) is 10.2 Å². The Hall–Kier alpha value is -2.15. The molecule has 0 atom stereocenters. The first-order valence-corrected chi connectivity index (χ1v) is 6.19. The second kappa shape index (κ2) is 7.44. The van der Waals surface area contributed by atoms with Crippen LogP contribution in [0.15, 0.2) is 18.2 Å². The van der Waals surface area contributed by atoms with E-state index in [1.54, 1.807) is 0 Å². The smallest absolute Gasteiger partial charge is 0.337 e. The molecule has 2 amide bonds. The highest BCUT2D eigenvalue weighted by Gasteiger charge is 2.19. The van der Waals surface area contributed by atoms with Gasteiger partial charge in [-0.15, -0.1) is 0 Å². The van der Waals surface area contributed by atoms with Crippen molar-refractivity contribution in [3.63, 3.8) is 0 Å². The van der Waals surface area contributed by atoms with Crippen molar-refractivity contribution in [3.05, 3.63) is 29.6 Å². The summed E-state index contributed by atoms with van der Waals surface area (Å²) in [4.78, 5) is 24.3. The monoisotopic (exact) mass is 284 g/mol. The number of anilines is 1. The van der Waals surface area contributed by atoms with Crippen molar-refractivity contribution in [2.45, 2.75) is 13.3 Å². The molecule has 0 unspecified atom stereocenters. The molecule has 0 heterocycles. The summed E-state index contributed by atoms with van der Waals surface area (Å²) in [6, 6.07) is 2.88. The van der Waals surface area contributed by atoms with Crippen LogP contribution in [-0.2, 0) is 0 Å². The lowest BCUT2D eigenvalue weighted by Gasteiger charge is -2.22. The molecule has 1 aromatic rings. The number of para-hydroxylation sites is 1. The fourth-order valence-electron chi connectivity index (χ4n) is 1.72. The first kappa shape index (κ1) is 15.9. The summed E-state index contributed by atoms with van der Waals surface area (Å²) in [5, 5.41) is 20.1. The molecule has 6 nitrogen and oxygen atoms in total. The highest BCUT2D eigenvalue weighted by molar-refractivity contribution is 6.00. The fourth-order valence-corrected chi connectivity index (χ4v) is 1.72. The van der Waals surface area contributed by atoms with Gasteiger partial charge in [0.25, 0.3) is 0 Å². The highest BCUT2D eigenvalue weighted by atomic mass is 19.1. The lowest BCUT2D eigenvalue weighted by atomic mass is 10.1. The van der Waals surface area contributed by atoms with Crippen LogP contribution in [-0.4, -0.2) is 46.8 Å². The summed E-state index contributed by atoms with van der Waals surface area (Å²) >= 11 is 0. The Morgan fingerprint density at radius 2 is 2.05 bits per heavy atom. The Balaban J connectivity index is 2.97. The summed E-state index contributed by atoms with van der Waals surface area (Å²) in [5.74, 6) is -2.15. The van der Waals surface area contributed by atoms with Crippen LogP contribution in [0.4, 0.5) is 14.9 Å². The Morgan fingerprint density at radius 1 is 1.35 bits per heavy atom. The third kappa shape index (κ3) is 3.92. The van der Waals surface area contributed by atoms with E-state index in [1.165, 1.54) is 17.0 Å². The van der Waals surface area contributed by atoms with E-state index in [-0.39, 0.29) is 24.4 Å². The molecule has 0 spiro atoms. The molecule has 20 heavy (non-hydrogen) atoms. The number of urea groups is 1. The summed E-state index contributed by atoms with van der Waals surface area (Å²) in [6.45, 7) is 2.10. The van der Waals surface area contributed by atoms with E-state index in [2.05, 4.69) is 5.32 Å². The van der Waals surface area contributed by atoms with Crippen molar-refractivity contribution in [1.29, 1.82) is 0 Å². The number of amides is 2. The molecule has 0 saturated heterocycles. The number of hydrogen-bond acceptors (Lipinski definition) is 3. The maximum absolute atomic E-state index is 13.7. The Kier molecular flexibility index (Phi) is 5.92. The SMILES string of the molecule is CCCN(CCO)C(=O)Nc1c(F)cccc1C(=O)O. The van der Waals surface area contributed by atoms with Crippen LogP contribution < -0.4 is 5.32 Å². The van der Waals surface area contributed by atoms with Crippen LogP contribution in [0.3, 0.4) is 0 Å². The van der Waals surface area contributed by atoms with Crippen LogP contribution in [0.1, 0.15) is 23.7 Å². The van der Waals surface area contributed by atoms with Crippen molar-refractivity contribution in [2.24, 2.45) is 0 Å². The molecule has 7 heteroatoms. The van der Waals surface area contributed by atoms with Gasteiger partial charge in [-0.25, -0.2) is 14.0 Å². The number of carbonyl (C=O) groups is 2. The van der Waals surface area contributed by atoms with Gasteiger partial charge in [0.05, 0.1) is 17.9 Å². The van der Waals surface area contributed by atoms with Crippen LogP contribution in [0.5, 0.6) is 0 Å². The molecule has 110 valence electrons. The quantitative estimate of drug-likeness (QED) is 0.742. The van der Waals surface area contributed by atoms with Gasteiger partial charge < -0.3 is 20.4 Å². The number of aromatic carboxylic acids is 1. The lowest BCUT2D eigenvalue weighted by Crippen LogP contribution is -2.38. The topological polar surface area (TPSA) is 89.9 Å². The third-order valence-electron chi connectivity index (χ3n) is 2.63. The van der Waals surface area contributed by atoms with Crippen molar-refractivity contribution < 1.29 is 24.2 Å². The molecule has 0 bridgehead atoms. The van der Waals surface area contributed by atoms with Crippen LogP contribution in [0.25, 0.3) is 0 Å². The number of carboxylic acid groups (broad SMARTS) is 1. The Labute approximate surface area is 115 Å². The molecule has 3 N–H and O–H groups in total. The number of benzene rings is 1. The predicted molar refractivity (Wildman–Crippen MR) is 71.3 cm³/mol. The molecular weight excluding hydrogens is 267 g/mol. The summed E-state index contributed by atoms with van der Waals surface area (Å²) < 4.78 is 13.7. The summed E-state index contributed by atoms with van der Waals surface area (Å²) in [5.41, 5.74) is -0.692. The maximum Gasteiger partial charge on any atom is 0.337 e. The average Bonchev–Trinajstić information content (AvgIpc) is 2.40. The molecule has 0 fully saturated rings. The number of carbonyl (C=O) groups excluding carboxylic acids is 1. The van der Waals surface area contributed by atoms with Gasteiger partial charge in [-0.05, 0) is 18.6 Å². The van der Waals surface area contributed by atoms with E-state index in [0.29, 0.717) is 13.0 Å². The van der Waals surface area contributed by atoms with Crippen molar-refractivity contribution in [2.75, 3.05) is 25.0 Å². The minimum absolute atomic E-state index is 0.0938. The number of aliphatic hydroxyl groups is 1. The molecule has 1 rings (SSSR count). The lowest BCUT2D eigenvalue weighted by molar-refractivity contribution is 0.0697. The third-order valence-corrected chi connectivity index (χ3v) is 2.63. The second-order valence-corrected chi connectivity index (χ2v) is 4.11. The molecular formula is C13H17FN2O4. The summed E-state index contributed by atoms with van der Waals surface area (Å²) in [6.07, 6.45) is 0.663. The van der Waals surface area contributed by atoms with Gasteiger partial charge in [0.15, 0.2) is 0 Å². The van der Waals surface area contributed by atoms with E-state index < -0.39 is 17.8 Å². The number of nitrogens with one attached hydrogen (secondary N) is 1. The molecule has 0 aliphatic rings. The van der Waals surface area contributed by atoms with E-state index in [0.717, 1.165) is 6.07 Å². The van der Waals surface area contributed by atoms with Gasteiger partial charge in [0.1, 0.15) is 5.82 Å². The van der Waals surface area contributed by atoms with Gasteiger partial charge in [-0.3, -0.25) is 0 Å². The van der Waals surface area contributed by atoms with Crippen LogP contribution in [0.2, 0.25) is 0 Å². The molecule has 0 aliphatic heterocycles. The number of carboxylic acids is 1. The van der Waals surface area contributed by atoms with Crippen LogP contribution >= 0.6 is 0 Å². The first-order valence-electron chi connectivity index (χ1n) is 6.19. The summed E-state index contributed by atoms with van der Waals surface area (Å²) in [7, 11) is 0. The predicted octanol–water partition coefficient (Wildman–Crippen LogP) is 1.76. The molecule has 0 aromatic heterocycles. The standard InChI is InChI=1S/C13H17FN2O4/c1-2-6-16(7-8-17)13(20)15-11-9(12(18)19)4-3-5-10(11)14/h3-5,17H,2,6-8H2,1H3,(H,15,20)(H,18,19). The van der Waals surface area contributed by atoms with Gasteiger partial charge in [0.2, 0.25) is 0 Å². The number of halogens is 1. The number of nitrogens with zero attached hydrogens (tertiary/aromatic N) is 1. The Morgan fingerprint density at radius 3 is 2.60 bits per heavy atom. The van der Waals surface area contributed by atoms with Crippen LogP contribution in [0, 0.1) is 5.82 Å². The first-order chi connectivity index (χ1) is 9.51. The maximum atomic E-state index is 13.7. The van der Waals surface area contributed by atoms with Crippen molar-refractivity contribution in [3.8, 4) is 0 Å². The molecule has 1 aromatic carbocycles. The van der Waals surface area contributed by atoms with Gasteiger partial charge in [-0.1, -0.05) is 13.0 Å². The molecule has 0 aliphatic carbocycles. The van der Waals surface area contributed by atoms with E-state index >= 15 is 0 Å². The van der Waals surface area contributed by atoms with E-state index in [1.807, 2.05) is 6.92 Å². The molecule has 0 radical (unpaired) electrons. The fraction of sp³-hybridized carbons (Fsp3) is 0.385. The van der Waals surface area contributed by atoms with Gasteiger partial charge in [-0.2, -0.15) is 0 Å². The zero-order valence-electron chi connectivity index (χ0n) is 11.1. The van der Waals surface area contributed by atoms with Gasteiger partial charge in [0, 0.05) is 13.1 Å². The number of rotatable bonds is 6. The van der Waals surface area contributed by atoms with Crippen molar-refractivity contribution >= 4 is 17.7 Å². The second-order valence-electron chi connectivity index (χ2n) is 4.11.